The lowest BCUT2D eigenvalue weighted by atomic mass is 10.1. The minimum absolute atomic E-state index is 0.211. The molecule has 1 atom stereocenters. The van der Waals surface area contributed by atoms with Crippen molar-refractivity contribution in [2.45, 2.75) is 13.0 Å². The molecule has 3 rings (SSSR count). The van der Waals surface area contributed by atoms with Gasteiger partial charge in [0.2, 0.25) is 0 Å². The monoisotopic (exact) mass is 264 g/mol. The number of aromatic nitrogens is 3. The number of nitrogens with zero attached hydrogens (tertiary/aromatic N) is 3. The number of hydrogen-bond acceptors (Lipinski definition) is 3. The highest BCUT2D eigenvalue weighted by atomic mass is 15.1. The highest BCUT2D eigenvalue weighted by Gasteiger charge is 2.12. The predicted octanol–water partition coefficient (Wildman–Crippen LogP) is 3.14. The van der Waals surface area contributed by atoms with Gasteiger partial charge in [0.05, 0.1) is 24.3 Å². The Morgan fingerprint density at radius 1 is 1.15 bits per heavy atom. The van der Waals surface area contributed by atoms with Crippen molar-refractivity contribution in [3.63, 3.8) is 0 Å². The summed E-state index contributed by atoms with van der Waals surface area (Å²) in [6.07, 6.45) is 5.42. The van der Waals surface area contributed by atoms with E-state index in [1.165, 1.54) is 5.56 Å². The molecule has 0 bridgehead atoms. The molecule has 0 aliphatic heterocycles. The highest BCUT2D eigenvalue weighted by molar-refractivity contribution is 5.62. The van der Waals surface area contributed by atoms with E-state index in [0.717, 1.165) is 11.3 Å². The molecule has 0 aliphatic carbocycles. The van der Waals surface area contributed by atoms with Crippen LogP contribution in [-0.4, -0.2) is 14.5 Å². The highest BCUT2D eigenvalue weighted by Crippen LogP contribution is 2.26. The molecular formula is C16H16N4. The zero-order valence-electron chi connectivity index (χ0n) is 11.3. The Morgan fingerprint density at radius 2 is 1.95 bits per heavy atom. The second-order valence-corrected chi connectivity index (χ2v) is 4.74. The van der Waals surface area contributed by atoms with Crippen LogP contribution in [-0.2, 0) is 0 Å². The van der Waals surface area contributed by atoms with Gasteiger partial charge in [0, 0.05) is 11.8 Å². The van der Waals surface area contributed by atoms with Gasteiger partial charge in [0.25, 0.3) is 0 Å². The molecule has 0 spiro atoms. The maximum Gasteiger partial charge on any atom is 0.123 e. The van der Waals surface area contributed by atoms with Crippen molar-refractivity contribution >= 4 is 5.82 Å². The van der Waals surface area contributed by atoms with Gasteiger partial charge in [0.1, 0.15) is 5.82 Å². The molecule has 4 heteroatoms. The average molecular weight is 264 g/mol. The van der Waals surface area contributed by atoms with Crippen molar-refractivity contribution in [1.29, 1.82) is 0 Å². The Hall–Kier alpha value is -2.62. The third kappa shape index (κ3) is 2.28. The van der Waals surface area contributed by atoms with Crippen molar-refractivity contribution in [3.8, 4) is 11.3 Å². The summed E-state index contributed by atoms with van der Waals surface area (Å²) in [5.41, 5.74) is 9.07. The van der Waals surface area contributed by atoms with Crippen LogP contribution in [0.15, 0.2) is 61.2 Å². The number of nitrogens with two attached hydrogens (primary N) is 1. The standard InChI is InChI=1S/C16H16N4/c1-12(13-5-3-2-4-6-13)20-11-18-10-15(20)14-7-8-19-16(17)9-14/h2-12H,1H3,(H2,17,19). The van der Waals surface area contributed by atoms with E-state index >= 15 is 0 Å². The second kappa shape index (κ2) is 5.17. The van der Waals surface area contributed by atoms with Crippen molar-refractivity contribution < 1.29 is 0 Å². The first-order valence-electron chi connectivity index (χ1n) is 6.54. The van der Waals surface area contributed by atoms with Crippen molar-refractivity contribution in [1.82, 2.24) is 14.5 Å². The lowest BCUT2D eigenvalue weighted by Crippen LogP contribution is -2.07. The lowest BCUT2D eigenvalue weighted by Gasteiger charge is -2.17. The number of benzene rings is 1. The molecule has 100 valence electrons. The Bertz CT molecular complexity index is 703. The summed E-state index contributed by atoms with van der Waals surface area (Å²) >= 11 is 0. The van der Waals surface area contributed by atoms with Gasteiger partial charge in [-0.3, -0.25) is 0 Å². The van der Waals surface area contributed by atoms with Crippen LogP contribution in [0.5, 0.6) is 0 Å². The van der Waals surface area contributed by atoms with Crippen LogP contribution in [0.1, 0.15) is 18.5 Å². The first-order chi connectivity index (χ1) is 9.75. The van der Waals surface area contributed by atoms with Gasteiger partial charge in [-0.25, -0.2) is 9.97 Å². The van der Waals surface area contributed by atoms with Gasteiger partial charge in [0.15, 0.2) is 0 Å². The number of hydrogen-bond donors (Lipinski definition) is 1. The Morgan fingerprint density at radius 3 is 2.70 bits per heavy atom. The minimum atomic E-state index is 0.211. The largest absolute Gasteiger partial charge is 0.384 e. The molecule has 0 amide bonds. The van der Waals surface area contributed by atoms with Crippen LogP contribution < -0.4 is 5.73 Å². The van der Waals surface area contributed by atoms with Crippen molar-refractivity contribution in [2.24, 2.45) is 0 Å². The fraction of sp³-hybridized carbons (Fsp3) is 0.125. The molecule has 1 aromatic carbocycles. The molecule has 3 aromatic rings. The molecule has 4 nitrogen and oxygen atoms in total. The Labute approximate surface area is 117 Å². The van der Waals surface area contributed by atoms with Crippen LogP contribution in [0.4, 0.5) is 5.82 Å². The number of anilines is 1. The molecule has 0 radical (unpaired) electrons. The van der Waals surface area contributed by atoms with Gasteiger partial charge in [-0.1, -0.05) is 30.3 Å². The third-order valence-corrected chi connectivity index (χ3v) is 3.44. The normalized spacial score (nSPS) is 12.2. The molecule has 0 fully saturated rings. The van der Waals surface area contributed by atoms with Crippen molar-refractivity contribution in [3.05, 3.63) is 66.7 Å². The van der Waals surface area contributed by atoms with Crippen LogP contribution in [0, 0.1) is 0 Å². The molecule has 0 aliphatic rings. The number of imidazole rings is 1. The van der Waals surface area contributed by atoms with E-state index in [2.05, 4.69) is 33.6 Å². The van der Waals surface area contributed by atoms with Crippen LogP contribution in [0.25, 0.3) is 11.3 Å². The number of rotatable bonds is 3. The van der Waals surface area contributed by atoms with Gasteiger partial charge in [-0.2, -0.15) is 0 Å². The first-order valence-corrected chi connectivity index (χ1v) is 6.54. The topological polar surface area (TPSA) is 56.7 Å². The molecule has 20 heavy (non-hydrogen) atoms. The molecule has 0 saturated heterocycles. The predicted molar refractivity (Wildman–Crippen MR) is 80.1 cm³/mol. The summed E-state index contributed by atoms with van der Waals surface area (Å²) in [4.78, 5) is 8.31. The molecule has 2 heterocycles. The first kappa shape index (κ1) is 12.4. The summed E-state index contributed by atoms with van der Waals surface area (Å²) < 4.78 is 2.14. The smallest absolute Gasteiger partial charge is 0.123 e. The minimum Gasteiger partial charge on any atom is -0.384 e. The summed E-state index contributed by atoms with van der Waals surface area (Å²) in [7, 11) is 0. The number of pyridine rings is 1. The van der Waals surface area contributed by atoms with E-state index < -0.39 is 0 Å². The van der Waals surface area contributed by atoms with E-state index in [1.54, 1.807) is 6.20 Å². The maximum absolute atomic E-state index is 5.76. The maximum atomic E-state index is 5.76. The van der Waals surface area contributed by atoms with E-state index in [-0.39, 0.29) is 6.04 Å². The molecule has 2 aromatic heterocycles. The van der Waals surface area contributed by atoms with Gasteiger partial charge in [-0.05, 0) is 24.6 Å². The van der Waals surface area contributed by atoms with E-state index in [9.17, 15) is 0 Å². The van der Waals surface area contributed by atoms with Crippen LogP contribution in [0.2, 0.25) is 0 Å². The fourth-order valence-electron chi connectivity index (χ4n) is 2.34. The summed E-state index contributed by atoms with van der Waals surface area (Å²) in [5.74, 6) is 0.516. The zero-order chi connectivity index (χ0) is 13.9. The van der Waals surface area contributed by atoms with E-state index in [4.69, 9.17) is 5.73 Å². The SMILES string of the molecule is CC(c1ccccc1)n1cncc1-c1ccnc(N)c1. The van der Waals surface area contributed by atoms with Crippen LogP contribution >= 0.6 is 0 Å². The van der Waals surface area contributed by atoms with E-state index in [0.29, 0.717) is 5.82 Å². The summed E-state index contributed by atoms with van der Waals surface area (Å²) in [6, 6.07) is 14.4. The molecule has 2 N–H and O–H groups in total. The third-order valence-electron chi connectivity index (χ3n) is 3.44. The Kier molecular flexibility index (Phi) is 3.21. The quantitative estimate of drug-likeness (QED) is 0.790. The Balaban J connectivity index is 2.03. The van der Waals surface area contributed by atoms with Crippen LogP contribution in [0.3, 0.4) is 0 Å². The second-order valence-electron chi connectivity index (χ2n) is 4.74. The fourth-order valence-corrected chi connectivity index (χ4v) is 2.34. The molecule has 1 unspecified atom stereocenters. The molecular weight excluding hydrogens is 248 g/mol. The van der Waals surface area contributed by atoms with Gasteiger partial charge >= 0.3 is 0 Å². The average Bonchev–Trinajstić information content (AvgIpc) is 2.97. The summed E-state index contributed by atoms with van der Waals surface area (Å²) in [6.45, 7) is 2.16. The number of nitrogen functional groups attached to an aromatic ring is 1. The van der Waals surface area contributed by atoms with E-state index in [1.807, 2.05) is 42.9 Å². The molecule has 0 saturated carbocycles. The zero-order valence-corrected chi connectivity index (χ0v) is 11.3. The summed E-state index contributed by atoms with van der Waals surface area (Å²) in [5, 5.41) is 0. The van der Waals surface area contributed by atoms with Gasteiger partial charge < -0.3 is 10.3 Å². The van der Waals surface area contributed by atoms with Gasteiger partial charge in [-0.15, -0.1) is 0 Å². The lowest BCUT2D eigenvalue weighted by molar-refractivity contribution is 0.644. The van der Waals surface area contributed by atoms with Crippen molar-refractivity contribution in [2.75, 3.05) is 5.73 Å².